The minimum atomic E-state index is -0.272. The maximum atomic E-state index is 12.0. The van der Waals surface area contributed by atoms with Gasteiger partial charge in [0.05, 0.1) is 17.5 Å². The van der Waals surface area contributed by atoms with Gasteiger partial charge >= 0.3 is 0 Å². The third kappa shape index (κ3) is 2.76. The monoisotopic (exact) mass is 292 g/mol. The van der Waals surface area contributed by atoms with Crippen LogP contribution < -0.4 is 5.43 Å². The van der Waals surface area contributed by atoms with E-state index in [-0.39, 0.29) is 5.91 Å². The summed E-state index contributed by atoms with van der Waals surface area (Å²) in [4.78, 5) is 12.0. The number of hydrazone groups is 1. The molecule has 0 aliphatic heterocycles. The van der Waals surface area contributed by atoms with Gasteiger partial charge < -0.3 is 4.42 Å². The van der Waals surface area contributed by atoms with Crippen molar-refractivity contribution in [1.29, 1.82) is 0 Å². The first-order chi connectivity index (χ1) is 10.6. The Morgan fingerprint density at radius 3 is 2.59 bits per heavy atom. The molecule has 4 nitrogen and oxygen atoms in total. The Bertz CT molecular complexity index is 862. The van der Waals surface area contributed by atoms with E-state index in [2.05, 4.69) is 28.7 Å². The Balaban J connectivity index is 1.81. The molecular weight excluding hydrogens is 276 g/mol. The van der Waals surface area contributed by atoms with E-state index in [0.717, 1.165) is 16.7 Å². The molecule has 0 saturated carbocycles. The molecule has 0 bridgehead atoms. The summed E-state index contributed by atoms with van der Waals surface area (Å²) in [5, 5.41) is 6.50. The molecule has 1 N–H and O–H groups in total. The lowest BCUT2D eigenvalue weighted by Crippen LogP contribution is -2.19. The van der Waals surface area contributed by atoms with E-state index < -0.39 is 0 Å². The van der Waals surface area contributed by atoms with Crippen LogP contribution in [0.25, 0.3) is 10.8 Å². The Morgan fingerprint density at radius 2 is 1.86 bits per heavy atom. The Hall–Kier alpha value is -2.88. The minimum Gasteiger partial charge on any atom is -0.469 e. The van der Waals surface area contributed by atoms with Crippen LogP contribution in [-0.2, 0) is 0 Å². The maximum absolute atomic E-state index is 12.0. The summed E-state index contributed by atoms with van der Waals surface area (Å²) >= 11 is 0. The first kappa shape index (κ1) is 14.1. The molecule has 1 heterocycles. The average molecular weight is 292 g/mol. The zero-order chi connectivity index (χ0) is 15.5. The number of nitrogens with one attached hydrogen (secondary N) is 1. The van der Waals surface area contributed by atoms with Crippen molar-refractivity contribution >= 4 is 22.4 Å². The zero-order valence-corrected chi connectivity index (χ0v) is 12.5. The molecule has 3 aromatic rings. The van der Waals surface area contributed by atoms with Gasteiger partial charge in [0.1, 0.15) is 5.76 Å². The molecule has 0 spiro atoms. The number of benzene rings is 2. The third-order valence-corrected chi connectivity index (χ3v) is 3.60. The molecule has 0 fully saturated rings. The van der Waals surface area contributed by atoms with Crippen LogP contribution in [-0.4, -0.2) is 11.6 Å². The number of hydrogen-bond acceptors (Lipinski definition) is 3. The van der Waals surface area contributed by atoms with Gasteiger partial charge in [-0.3, -0.25) is 4.79 Å². The normalized spacial score (nSPS) is 11.6. The smallest absolute Gasteiger partial charge is 0.274 e. The van der Waals surface area contributed by atoms with Crippen LogP contribution in [0.3, 0.4) is 0 Å². The van der Waals surface area contributed by atoms with Crippen LogP contribution >= 0.6 is 0 Å². The number of rotatable bonds is 3. The quantitative estimate of drug-likeness (QED) is 0.588. The largest absolute Gasteiger partial charge is 0.469 e. The van der Waals surface area contributed by atoms with Crippen LogP contribution in [0.4, 0.5) is 0 Å². The molecule has 0 saturated heterocycles. The van der Waals surface area contributed by atoms with Crippen molar-refractivity contribution in [2.45, 2.75) is 13.8 Å². The fourth-order valence-corrected chi connectivity index (χ4v) is 2.29. The molecule has 22 heavy (non-hydrogen) atoms. The Labute approximate surface area is 128 Å². The SMILES string of the molecule is C/C(=N/NC(=O)c1ccoc1C)c1ccc2ccccc2c1. The number of fused-ring (bicyclic) bond motifs is 1. The first-order valence-corrected chi connectivity index (χ1v) is 7.03. The summed E-state index contributed by atoms with van der Waals surface area (Å²) in [7, 11) is 0. The van der Waals surface area contributed by atoms with Crippen molar-refractivity contribution in [3.8, 4) is 0 Å². The molecule has 0 atom stereocenters. The second kappa shape index (κ2) is 5.85. The standard InChI is InChI=1S/C18H16N2O2/c1-12(19-20-18(21)17-9-10-22-13(17)2)15-8-7-14-5-3-4-6-16(14)11-15/h3-11H,1-2H3,(H,20,21)/b19-12-. The highest BCUT2D eigenvalue weighted by molar-refractivity contribution is 6.03. The van der Waals surface area contributed by atoms with E-state index in [0.29, 0.717) is 11.3 Å². The molecule has 0 unspecified atom stereocenters. The van der Waals surface area contributed by atoms with E-state index in [1.807, 2.05) is 31.2 Å². The molecular formula is C18H16N2O2. The summed E-state index contributed by atoms with van der Waals surface area (Å²) in [6.45, 7) is 3.61. The average Bonchev–Trinajstić information content (AvgIpc) is 2.98. The summed E-state index contributed by atoms with van der Waals surface area (Å²) in [6, 6.07) is 15.9. The van der Waals surface area contributed by atoms with Gasteiger partial charge in [-0.05, 0) is 42.3 Å². The number of carbonyl (C=O) groups excluding carboxylic acids is 1. The van der Waals surface area contributed by atoms with Crippen molar-refractivity contribution < 1.29 is 9.21 Å². The predicted octanol–water partition coefficient (Wildman–Crippen LogP) is 3.90. The van der Waals surface area contributed by atoms with Crippen molar-refractivity contribution in [3.05, 3.63) is 71.7 Å². The second-order valence-corrected chi connectivity index (χ2v) is 5.09. The lowest BCUT2D eigenvalue weighted by atomic mass is 10.0. The summed E-state index contributed by atoms with van der Waals surface area (Å²) in [5.41, 5.74) is 4.78. The van der Waals surface area contributed by atoms with Crippen molar-refractivity contribution in [3.63, 3.8) is 0 Å². The van der Waals surface area contributed by atoms with Gasteiger partial charge in [-0.2, -0.15) is 5.10 Å². The fourth-order valence-electron chi connectivity index (χ4n) is 2.29. The van der Waals surface area contributed by atoms with E-state index >= 15 is 0 Å². The van der Waals surface area contributed by atoms with Gasteiger partial charge in [0.2, 0.25) is 0 Å². The van der Waals surface area contributed by atoms with Crippen LogP contribution in [0, 0.1) is 6.92 Å². The molecule has 0 aliphatic carbocycles. The van der Waals surface area contributed by atoms with E-state index in [4.69, 9.17) is 4.42 Å². The van der Waals surface area contributed by atoms with Gasteiger partial charge in [0.15, 0.2) is 0 Å². The van der Waals surface area contributed by atoms with Gasteiger partial charge in [0.25, 0.3) is 5.91 Å². The first-order valence-electron chi connectivity index (χ1n) is 7.03. The highest BCUT2D eigenvalue weighted by Crippen LogP contribution is 2.16. The van der Waals surface area contributed by atoms with Crippen LogP contribution in [0.5, 0.6) is 0 Å². The van der Waals surface area contributed by atoms with E-state index in [1.165, 1.54) is 11.6 Å². The lowest BCUT2D eigenvalue weighted by molar-refractivity contribution is 0.0953. The third-order valence-electron chi connectivity index (χ3n) is 3.60. The molecule has 4 heteroatoms. The number of hydrogen-bond donors (Lipinski definition) is 1. The predicted molar refractivity (Wildman–Crippen MR) is 87.1 cm³/mol. The molecule has 3 rings (SSSR count). The fraction of sp³-hybridized carbons (Fsp3) is 0.111. The van der Waals surface area contributed by atoms with Crippen LogP contribution in [0.15, 0.2) is 64.3 Å². The molecule has 2 aromatic carbocycles. The summed E-state index contributed by atoms with van der Waals surface area (Å²) in [6.07, 6.45) is 1.49. The lowest BCUT2D eigenvalue weighted by Gasteiger charge is -2.04. The van der Waals surface area contributed by atoms with E-state index in [1.54, 1.807) is 13.0 Å². The Morgan fingerprint density at radius 1 is 1.09 bits per heavy atom. The highest BCUT2D eigenvalue weighted by Gasteiger charge is 2.10. The zero-order valence-electron chi connectivity index (χ0n) is 12.5. The number of amides is 1. The van der Waals surface area contributed by atoms with E-state index in [9.17, 15) is 4.79 Å². The molecule has 1 amide bonds. The topological polar surface area (TPSA) is 54.6 Å². The molecule has 1 aromatic heterocycles. The summed E-state index contributed by atoms with van der Waals surface area (Å²) in [5.74, 6) is 0.308. The molecule has 110 valence electrons. The number of furan rings is 1. The minimum absolute atomic E-state index is 0.272. The van der Waals surface area contributed by atoms with Gasteiger partial charge in [-0.1, -0.05) is 36.4 Å². The molecule has 0 aliphatic rings. The number of carbonyl (C=O) groups is 1. The molecule has 0 radical (unpaired) electrons. The van der Waals surface area contributed by atoms with Gasteiger partial charge in [0, 0.05) is 0 Å². The van der Waals surface area contributed by atoms with Gasteiger partial charge in [-0.25, -0.2) is 5.43 Å². The van der Waals surface area contributed by atoms with Gasteiger partial charge in [-0.15, -0.1) is 0 Å². The number of aryl methyl sites for hydroxylation is 1. The van der Waals surface area contributed by atoms with Crippen molar-refractivity contribution in [2.24, 2.45) is 5.10 Å². The van der Waals surface area contributed by atoms with Crippen LogP contribution in [0.1, 0.15) is 28.6 Å². The maximum Gasteiger partial charge on any atom is 0.274 e. The van der Waals surface area contributed by atoms with Crippen molar-refractivity contribution in [1.82, 2.24) is 5.43 Å². The highest BCUT2D eigenvalue weighted by atomic mass is 16.3. The second-order valence-electron chi connectivity index (χ2n) is 5.09. The van der Waals surface area contributed by atoms with Crippen LogP contribution in [0.2, 0.25) is 0 Å². The number of nitrogens with zero attached hydrogens (tertiary/aromatic N) is 1. The van der Waals surface area contributed by atoms with Crippen molar-refractivity contribution in [2.75, 3.05) is 0 Å². The Kier molecular flexibility index (Phi) is 3.74. The summed E-state index contributed by atoms with van der Waals surface area (Å²) < 4.78 is 5.12.